The highest BCUT2D eigenvalue weighted by atomic mass is 35.5. The zero-order chi connectivity index (χ0) is 15.5. The van der Waals surface area contributed by atoms with Gasteiger partial charge in [-0.1, -0.05) is 12.1 Å². The van der Waals surface area contributed by atoms with E-state index in [0.29, 0.717) is 17.9 Å². The van der Waals surface area contributed by atoms with Crippen LogP contribution in [0, 0.1) is 5.82 Å². The zero-order valence-corrected chi connectivity index (χ0v) is 13.9. The summed E-state index contributed by atoms with van der Waals surface area (Å²) in [7, 11) is 3.27. The molecular weight excluding hydrogens is 317 g/mol. The van der Waals surface area contributed by atoms with Gasteiger partial charge in [-0.25, -0.2) is 8.97 Å². The maximum Gasteiger partial charge on any atom is 0.171 e. The van der Waals surface area contributed by atoms with Crippen LogP contribution in [-0.4, -0.2) is 31.6 Å². The van der Waals surface area contributed by atoms with Crippen LogP contribution in [-0.2, 0) is 13.0 Å². The third-order valence-electron chi connectivity index (χ3n) is 3.97. The van der Waals surface area contributed by atoms with Crippen molar-refractivity contribution in [2.24, 2.45) is 0 Å². The topological polar surface area (TPSA) is 21.5 Å². The highest BCUT2D eigenvalue weighted by Gasteiger charge is 2.20. The summed E-state index contributed by atoms with van der Waals surface area (Å²) in [4.78, 5) is 0. The first kappa shape index (κ1) is 17.3. The Morgan fingerprint density at radius 1 is 1.09 bits per heavy atom. The van der Waals surface area contributed by atoms with Gasteiger partial charge in [0.25, 0.3) is 0 Å². The lowest BCUT2D eigenvalue weighted by molar-refractivity contribution is -0.540. The van der Waals surface area contributed by atoms with E-state index in [2.05, 4.69) is 10.8 Å². The first-order valence-electron chi connectivity index (χ1n) is 7.28. The van der Waals surface area contributed by atoms with E-state index >= 15 is 0 Å². The van der Waals surface area contributed by atoms with Gasteiger partial charge in [0, 0.05) is 12.0 Å². The summed E-state index contributed by atoms with van der Waals surface area (Å²) >= 11 is 0. The molecule has 1 aliphatic rings. The van der Waals surface area contributed by atoms with Crippen molar-refractivity contribution in [2.75, 3.05) is 20.8 Å². The quantitative estimate of drug-likeness (QED) is 0.736. The number of methoxy groups -OCH3 is 2. The summed E-state index contributed by atoms with van der Waals surface area (Å²) in [6, 6.07) is 10.9. The molecule has 0 saturated carbocycles. The molecule has 3 nitrogen and oxygen atoms in total. The minimum Gasteiger partial charge on any atom is -1.00 e. The van der Waals surface area contributed by atoms with Gasteiger partial charge in [-0.15, -0.1) is 0 Å². The van der Waals surface area contributed by atoms with Gasteiger partial charge >= 0.3 is 0 Å². The van der Waals surface area contributed by atoms with Crippen LogP contribution in [0.2, 0.25) is 0 Å². The van der Waals surface area contributed by atoms with Crippen LogP contribution in [0.15, 0.2) is 36.4 Å². The fourth-order valence-corrected chi connectivity index (χ4v) is 2.77. The Morgan fingerprint density at radius 2 is 1.78 bits per heavy atom. The predicted molar refractivity (Wildman–Crippen MR) is 83.6 cm³/mol. The molecule has 0 radical (unpaired) electrons. The maximum atomic E-state index is 13.8. The molecule has 0 bridgehead atoms. The first-order valence-corrected chi connectivity index (χ1v) is 7.28. The number of rotatable bonds is 4. The maximum absolute atomic E-state index is 13.8. The van der Waals surface area contributed by atoms with Crippen molar-refractivity contribution in [3.05, 3.63) is 58.9 Å². The minimum absolute atomic E-state index is 0. The number of benzene rings is 2. The van der Waals surface area contributed by atoms with Crippen molar-refractivity contribution >= 4 is 6.21 Å². The van der Waals surface area contributed by atoms with Gasteiger partial charge in [-0.3, -0.25) is 0 Å². The Balaban J connectivity index is 0.00000192. The minimum atomic E-state index is -0.158. The van der Waals surface area contributed by atoms with Crippen LogP contribution < -0.4 is 21.9 Å². The summed E-state index contributed by atoms with van der Waals surface area (Å²) < 4.78 is 26.6. The van der Waals surface area contributed by atoms with E-state index in [4.69, 9.17) is 9.47 Å². The fraction of sp³-hybridized carbons (Fsp3) is 0.278. The Morgan fingerprint density at radius 3 is 2.48 bits per heavy atom. The molecule has 0 aromatic heterocycles. The van der Waals surface area contributed by atoms with Crippen molar-refractivity contribution in [1.82, 2.24) is 0 Å². The molecule has 1 heterocycles. The van der Waals surface area contributed by atoms with Gasteiger partial charge in [0.1, 0.15) is 12.4 Å². The van der Waals surface area contributed by atoms with E-state index in [1.807, 2.05) is 24.3 Å². The number of nitrogens with zero attached hydrogens (tertiary/aromatic N) is 1. The van der Waals surface area contributed by atoms with Gasteiger partial charge in [0.15, 0.2) is 24.3 Å². The largest absolute Gasteiger partial charge is 1.00 e. The molecule has 0 N–H and O–H groups in total. The molecule has 2 aromatic carbocycles. The molecule has 3 rings (SSSR count). The monoisotopic (exact) mass is 335 g/mol. The van der Waals surface area contributed by atoms with Crippen molar-refractivity contribution in [3.8, 4) is 11.5 Å². The number of ether oxygens (including phenoxy) is 2. The molecular formula is C18H19ClFNO2. The van der Waals surface area contributed by atoms with Crippen LogP contribution in [0.3, 0.4) is 0 Å². The lowest BCUT2D eigenvalue weighted by Crippen LogP contribution is -3.00. The molecule has 1 aliphatic heterocycles. The number of hydrogen-bond donors (Lipinski definition) is 0. The zero-order valence-electron chi connectivity index (χ0n) is 13.2. The van der Waals surface area contributed by atoms with Crippen LogP contribution in [0.5, 0.6) is 11.5 Å². The van der Waals surface area contributed by atoms with Gasteiger partial charge in [0.05, 0.1) is 19.8 Å². The van der Waals surface area contributed by atoms with E-state index in [1.54, 1.807) is 20.3 Å². The van der Waals surface area contributed by atoms with Crippen molar-refractivity contribution in [3.63, 3.8) is 0 Å². The van der Waals surface area contributed by atoms with E-state index in [-0.39, 0.29) is 18.2 Å². The smallest absolute Gasteiger partial charge is 0.171 e. The predicted octanol–water partition coefficient (Wildman–Crippen LogP) is 0.0346. The second kappa shape index (κ2) is 7.47. The van der Waals surface area contributed by atoms with Gasteiger partial charge in [-0.05, 0) is 29.8 Å². The lowest BCUT2D eigenvalue weighted by atomic mass is 10.0. The van der Waals surface area contributed by atoms with Gasteiger partial charge < -0.3 is 21.9 Å². The number of halogens is 2. The van der Waals surface area contributed by atoms with Gasteiger partial charge in [-0.2, -0.15) is 0 Å². The van der Waals surface area contributed by atoms with Crippen molar-refractivity contribution < 1.29 is 30.8 Å². The molecule has 23 heavy (non-hydrogen) atoms. The normalized spacial score (nSPS) is 12.7. The molecule has 0 aliphatic carbocycles. The van der Waals surface area contributed by atoms with Gasteiger partial charge in [0.2, 0.25) is 0 Å². The summed E-state index contributed by atoms with van der Waals surface area (Å²) in [5, 5.41) is 0. The Labute approximate surface area is 141 Å². The third kappa shape index (κ3) is 3.64. The fourth-order valence-electron chi connectivity index (χ4n) is 2.77. The molecule has 0 unspecified atom stereocenters. The van der Waals surface area contributed by atoms with E-state index in [9.17, 15) is 4.39 Å². The molecule has 0 amide bonds. The average molecular weight is 336 g/mol. The second-order valence-electron chi connectivity index (χ2n) is 5.35. The van der Waals surface area contributed by atoms with Crippen molar-refractivity contribution in [1.29, 1.82) is 0 Å². The molecule has 2 aromatic rings. The van der Waals surface area contributed by atoms with Crippen LogP contribution in [0.1, 0.15) is 16.7 Å². The molecule has 5 heteroatoms. The summed E-state index contributed by atoms with van der Waals surface area (Å²) in [5.41, 5.74) is 3.03. The summed E-state index contributed by atoms with van der Waals surface area (Å²) in [5.74, 6) is 1.30. The van der Waals surface area contributed by atoms with Crippen molar-refractivity contribution in [2.45, 2.75) is 13.0 Å². The highest BCUT2D eigenvalue weighted by Crippen LogP contribution is 2.31. The van der Waals surface area contributed by atoms with Crippen LogP contribution in [0.4, 0.5) is 4.39 Å². The second-order valence-corrected chi connectivity index (χ2v) is 5.35. The van der Waals surface area contributed by atoms with E-state index in [1.165, 1.54) is 11.6 Å². The molecule has 0 spiro atoms. The Bertz CT molecular complexity index is 731. The summed E-state index contributed by atoms with van der Waals surface area (Å²) in [6.07, 6.45) is 2.97. The Kier molecular flexibility index (Phi) is 5.61. The standard InChI is InChI=1S/C18H19FNO2.ClH/c1-21-17-9-13-7-8-20(12-15(13)10-18(17)22-2)11-14-5-3-4-6-16(14)19;/h3-6,9-10,12H,7-8,11H2,1-2H3;1H/q+1;/p-1. The molecule has 0 atom stereocenters. The highest BCUT2D eigenvalue weighted by molar-refractivity contribution is 5.80. The molecule has 122 valence electrons. The van der Waals surface area contributed by atoms with E-state index in [0.717, 1.165) is 24.3 Å². The molecule has 0 saturated heterocycles. The average Bonchev–Trinajstić information content (AvgIpc) is 2.55. The van der Waals surface area contributed by atoms with Crippen LogP contribution in [0.25, 0.3) is 0 Å². The first-order chi connectivity index (χ1) is 10.7. The number of hydrogen-bond acceptors (Lipinski definition) is 2. The summed E-state index contributed by atoms with van der Waals surface area (Å²) in [6.45, 7) is 1.43. The number of fused-ring (bicyclic) bond motifs is 1. The third-order valence-corrected chi connectivity index (χ3v) is 3.97. The lowest BCUT2D eigenvalue weighted by Gasteiger charge is -2.16. The Hall–Kier alpha value is -2.07. The van der Waals surface area contributed by atoms with Crippen LogP contribution >= 0.6 is 0 Å². The SMILES string of the molecule is COc1cc2c(cc1OC)CC[N+](Cc1ccccc1F)=C2.[Cl-]. The van der Waals surface area contributed by atoms with E-state index < -0.39 is 0 Å². The molecule has 0 fully saturated rings.